The average molecular weight is 373 g/mol. The molecule has 7 heteroatoms. The number of aryl methyl sites for hydroxylation is 1. The van der Waals surface area contributed by atoms with Crippen LogP contribution in [0.25, 0.3) is 0 Å². The van der Waals surface area contributed by atoms with Gasteiger partial charge in [-0.1, -0.05) is 42.3 Å². The van der Waals surface area contributed by atoms with E-state index in [1.807, 2.05) is 20.8 Å². The van der Waals surface area contributed by atoms with Gasteiger partial charge in [-0.15, -0.1) is 0 Å². The first-order valence-electron chi connectivity index (χ1n) is 8.63. The van der Waals surface area contributed by atoms with Crippen molar-refractivity contribution >= 4 is 11.7 Å². The van der Waals surface area contributed by atoms with Crippen molar-refractivity contribution in [2.24, 2.45) is 5.16 Å². The first kappa shape index (κ1) is 22.0. The molecule has 0 aliphatic rings. The Kier molecular flexibility index (Phi) is 8.11. The molecule has 0 radical (unpaired) electrons. The summed E-state index contributed by atoms with van der Waals surface area (Å²) in [5, 5.41) is 10.9. The van der Waals surface area contributed by atoms with Gasteiger partial charge >= 0.3 is 12.1 Å². The lowest BCUT2D eigenvalue weighted by molar-refractivity contribution is -0.154. The number of carbonyl (C=O) groups is 1. The zero-order valence-electron chi connectivity index (χ0n) is 15.4. The van der Waals surface area contributed by atoms with Crippen molar-refractivity contribution in [3.05, 3.63) is 35.4 Å². The van der Waals surface area contributed by atoms with Crippen molar-refractivity contribution in [3.63, 3.8) is 0 Å². The van der Waals surface area contributed by atoms with Crippen LogP contribution in [0.1, 0.15) is 64.0 Å². The second-order valence-electron chi connectivity index (χ2n) is 7.14. The maximum atomic E-state index is 12.7. The minimum atomic E-state index is -4.69. The smallest absolute Gasteiger partial charge is 0.437 e. The Morgan fingerprint density at radius 1 is 1.04 bits per heavy atom. The number of ether oxygens (including phenoxy) is 1. The fourth-order valence-electron chi connectivity index (χ4n) is 2.45. The van der Waals surface area contributed by atoms with E-state index in [-0.39, 0.29) is 11.5 Å². The highest BCUT2D eigenvalue weighted by Crippen LogP contribution is 2.23. The van der Waals surface area contributed by atoms with E-state index in [4.69, 9.17) is 9.94 Å². The van der Waals surface area contributed by atoms with Gasteiger partial charge in [0, 0.05) is 12.0 Å². The fourth-order valence-corrected chi connectivity index (χ4v) is 2.45. The highest BCUT2D eigenvalue weighted by atomic mass is 19.4. The molecule has 0 saturated heterocycles. The van der Waals surface area contributed by atoms with E-state index >= 15 is 0 Å². The molecule has 0 unspecified atom stereocenters. The number of nitrogens with zero attached hydrogens (tertiary/aromatic N) is 1. The van der Waals surface area contributed by atoms with E-state index in [1.165, 1.54) is 12.1 Å². The van der Waals surface area contributed by atoms with E-state index < -0.39 is 17.5 Å². The lowest BCUT2D eigenvalue weighted by atomic mass is 10.0. The van der Waals surface area contributed by atoms with Gasteiger partial charge in [-0.05, 0) is 45.6 Å². The third-order valence-corrected chi connectivity index (χ3v) is 3.61. The molecule has 0 spiro atoms. The van der Waals surface area contributed by atoms with Crippen LogP contribution in [0.15, 0.2) is 29.4 Å². The molecule has 1 aromatic rings. The maximum absolute atomic E-state index is 12.7. The van der Waals surface area contributed by atoms with Crippen LogP contribution in [0.2, 0.25) is 0 Å². The number of unbranched alkanes of at least 4 members (excludes halogenated alkanes) is 3. The van der Waals surface area contributed by atoms with Crippen molar-refractivity contribution in [3.8, 4) is 0 Å². The topological polar surface area (TPSA) is 58.9 Å². The van der Waals surface area contributed by atoms with Crippen LogP contribution in [0.3, 0.4) is 0 Å². The molecule has 1 N–H and O–H groups in total. The summed E-state index contributed by atoms with van der Waals surface area (Å²) in [4.78, 5) is 11.6. The number of benzene rings is 1. The number of esters is 1. The molecule has 0 bridgehead atoms. The number of oxime groups is 1. The largest absolute Gasteiger partial charge is 0.460 e. The van der Waals surface area contributed by atoms with Crippen LogP contribution >= 0.6 is 0 Å². The summed E-state index contributed by atoms with van der Waals surface area (Å²) in [6, 6.07) is 5.82. The van der Waals surface area contributed by atoms with Crippen molar-refractivity contribution < 1.29 is 27.9 Å². The Balaban J connectivity index is 2.31. The van der Waals surface area contributed by atoms with Gasteiger partial charge in [0.05, 0.1) is 0 Å². The van der Waals surface area contributed by atoms with Gasteiger partial charge in [0.15, 0.2) is 5.71 Å². The Morgan fingerprint density at radius 3 is 2.12 bits per heavy atom. The predicted octanol–water partition coefficient (Wildman–Crippen LogP) is 5.26. The molecule has 4 nitrogen and oxygen atoms in total. The summed E-state index contributed by atoms with van der Waals surface area (Å²) in [5.74, 6) is -0.195. The number of alkyl halides is 3. The highest BCUT2D eigenvalue weighted by molar-refractivity contribution is 6.04. The summed E-state index contributed by atoms with van der Waals surface area (Å²) in [5.41, 5.74) is -1.01. The molecular formula is C19H26F3NO3. The van der Waals surface area contributed by atoms with E-state index in [1.54, 1.807) is 12.1 Å². The second kappa shape index (κ2) is 9.59. The van der Waals surface area contributed by atoms with Gasteiger partial charge in [-0.3, -0.25) is 4.79 Å². The number of rotatable bonds is 8. The number of halogens is 3. The van der Waals surface area contributed by atoms with Crippen molar-refractivity contribution in [1.29, 1.82) is 0 Å². The monoisotopic (exact) mass is 373 g/mol. The fraction of sp³-hybridized carbons (Fsp3) is 0.579. The SMILES string of the molecule is CC(C)(C)OC(=O)CCCCCCc1ccc(C(=NO)C(F)(F)F)cc1. The summed E-state index contributed by atoms with van der Waals surface area (Å²) < 4.78 is 43.2. The zero-order valence-corrected chi connectivity index (χ0v) is 15.4. The lowest BCUT2D eigenvalue weighted by Gasteiger charge is -2.19. The Bertz CT molecular complexity index is 602. The molecule has 0 atom stereocenters. The van der Waals surface area contributed by atoms with E-state index in [2.05, 4.69) is 5.16 Å². The Morgan fingerprint density at radius 2 is 1.62 bits per heavy atom. The van der Waals surface area contributed by atoms with Crippen molar-refractivity contribution in [2.75, 3.05) is 0 Å². The van der Waals surface area contributed by atoms with Crippen LogP contribution in [-0.2, 0) is 16.0 Å². The van der Waals surface area contributed by atoms with Crippen molar-refractivity contribution in [2.45, 2.75) is 71.1 Å². The summed E-state index contributed by atoms with van der Waals surface area (Å²) in [7, 11) is 0. The molecule has 26 heavy (non-hydrogen) atoms. The molecule has 146 valence electrons. The normalized spacial score (nSPS) is 12.9. The standard InChI is InChI=1S/C19H26F3NO3/c1-18(2,3)26-16(24)9-7-5-4-6-8-14-10-12-15(13-11-14)17(23-25)19(20,21)22/h10-13,25H,4-9H2,1-3H3. The third kappa shape index (κ3) is 8.36. The van der Waals surface area contributed by atoms with Crippen LogP contribution in [0.4, 0.5) is 13.2 Å². The van der Waals surface area contributed by atoms with Gasteiger partial charge < -0.3 is 9.94 Å². The van der Waals surface area contributed by atoms with Gasteiger partial charge in [0.1, 0.15) is 5.60 Å². The lowest BCUT2D eigenvalue weighted by Crippen LogP contribution is -2.24. The highest BCUT2D eigenvalue weighted by Gasteiger charge is 2.37. The van der Waals surface area contributed by atoms with E-state index in [9.17, 15) is 18.0 Å². The van der Waals surface area contributed by atoms with Gasteiger partial charge in [0.25, 0.3) is 0 Å². The third-order valence-electron chi connectivity index (χ3n) is 3.61. The molecule has 0 heterocycles. The van der Waals surface area contributed by atoms with Crippen molar-refractivity contribution in [1.82, 2.24) is 0 Å². The Labute approximate surface area is 152 Å². The molecule has 0 aromatic heterocycles. The van der Waals surface area contributed by atoms with Gasteiger partial charge in [0.2, 0.25) is 0 Å². The molecule has 0 aliphatic heterocycles. The molecule has 1 rings (SSSR count). The minimum absolute atomic E-state index is 0.166. The molecule has 0 amide bonds. The zero-order chi connectivity index (χ0) is 19.8. The van der Waals surface area contributed by atoms with E-state index in [0.29, 0.717) is 6.42 Å². The molecular weight excluding hydrogens is 347 g/mol. The maximum Gasteiger partial charge on any atom is 0.437 e. The van der Waals surface area contributed by atoms with Gasteiger partial charge in [-0.2, -0.15) is 13.2 Å². The van der Waals surface area contributed by atoms with Gasteiger partial charge in [-0.25, -0.2) is 0 Å². The Hall–Kier alpha value is -2.05. The molecule has 0 fully saturated rings. The molecule has 0 saturated carbocycles. The number of carbonyl (C=O) groups excluding carboxylic acids is 1. The average Bonchev–Trinajstić information content (AvgIpc) is 2.49. The van der Waals surface area contributed by atoms with E-state index in [0.717, 1.165) is 37.7 Å². The number of hydrogen-bond acceptors (Lipinski definition) is 4. The molecule has 1 aromatic carbocycles. The minimum Gasteiger partial charge on any atom is -0.460 e. The predicted molar refractivity (Wildman–Crippen MR) is 93.5 cm³/mol. The van der Waals surface area contributed by atoms with Crippen LogP contribution < -0.4 is 0 Å². The summed E-state index contributed by atoms with van der Waals surface area (Å²) in [6.45, 7) is 5.50. The quantitative estimate of drug-likeness (QED) is 0.222. The first-order valence-corrected chi connectivity index (χ1v) is 8.63. The summed E-state index contributed by atoms with van der Waals surface area (Å²) in [6.07, 6.45) is -0.0891. The molecule has 0 aliphatic carbocycles. The summed E-state index contributed by atoms with van der Waals surface area (Å²) >= 11 is 0. The first-order chi connectivity index (χ1) is 12.0. The van der Waals surface area contributed by atoms with Crippen LogP contribution in [0.5, 0.6) is 0 Å². The number of hydrogen-bond donors (Lipinski definition) is 1. The van der Waals surface area contributed by atoms with Crippen LogP contribution in [0, 0.1) is 0 Å². The second-order valence-corrected chi connectivity index (χ2v) is 7.14. The van der Waals surface area contributed by atoms with Crippen LogP contribution in [-0.4, -0.2) is 28.7 Å².